The number of aromatic nitrogens is 2. The van der Waals surface area contributed by atoms with E-state index in [0.717, 1.165) is 12.8 Å². The first-order chi connectivity index (χ1) is 8.53. The fourth-order valence-corrected chi connectivity index (χ4v) is 2.17. The molecule has 0 atom stereocenters. The molecule has 0 saturated heterocycles. The lowest BCUT2D eigenvalue weighted by Gasteiger charge is -2.08. The lowest BCUT2D eigenvalue weighted by molar-refractivity contribution is 0.588. The van der Waals surface area contributed by atoms with E-state index in [-0.39, 0.29) is 29.7 Å². The fourth-order valence-electron chi connectivity index (χ4n) is 1.59. The highest BCUT2D eigenvalue weighted by Crippen LogP contribution is 2.33. The first-order valence-corrected chi connectivity index (χ1v) is 7.41. The molecule has 7 nitrogen and oxygen atoms in total. The Labute approximate surface area is 105 Å². The smallest absolute Gasteiger partial charge is 0.293 e. The van der Waals surface area contributed by atoms with Crippen LogP contribution in [0.15, 0.2) is 17.2 Å². The van der Waals surface area contributed by atoms with E-state index in [0.29, 0.717) is 0 Å². The van der Waals surface area contributed by atoms with Gasteiger partial charge < -0.3 is 9.88 Å². The van der Waals surface area contributed by atoms with E-state index in [9.17, 15) is 13.2 Å². The zero-order valence-corrected chi connectivity index (χ0v) is 10.9. The number of sulfonamides is 1. The maximum atomic E-state index is 11.9. The third kappa shape index (κ3) is 3.08. The monoisotopic (exact) mass is 272 g/mol. The molecule has 1 fully saturated rings. The van der Waals surface area contributed by atoms with Crippen LogP contribution in [0.4, 0.5) is 5.82 Å². The fraction of sp³-hybridized carbons (Fsp3) is 0.600. The van der Waals surface area contributed by atoms with Gasteiger partial charge in [-0.1, -0.05) is 0 Å². The van der Waals surface area contributed by atoms with E-state index >= 15 is 0 Å². The molecule has 8 heteroatoms. The van der Waals surface area contributed by atoms with Crippen molar-refractivity contribution in [1.29, 1.82) is 0 Å². The van der Waals surface area contributed by atoms with Gasteiger partial charge in [-0.2, -0.15) is 0 Å². The third-order valence-corrected chi connectivity index (χ3v) is 4.15. The van der Waals surface area contributed by atoms with Crippen LogP contribution in [0.2, 0.25) is 0 Å². The van der Waals surface area contributed by atoms with Crippen molar-refractivity contribution in [3.8, 4) is 0 Å². The summed E-state index contributed by atoms with van der Waals surface area (Å²) in [6.07, 6.45) is 5.24. The molecule has 0 radical (unpaired) electrons. The minimum Gasteiger partial charge on any atom is -0.364 e. The van der Waals surface area contributed by atoms with Crippen molar-refractivity contribution in [1.82, 2.24) is 14.3 Å². The van der Waals surface area contributed by atoms with Crippen molar-refractivity contribution in [2.24, 2.45) is 0 Å². The summed E-state index contributed by atoms with van der Waals surface area (Å²) < 4.78 is 26.3. The maximum Gasteiger partial charge on any atom is 0.293 e. The van der Waals surface area contributed by atoms with Gasteiger partial charge in [0.2, 0.25) is 10.0 Å². The molecule has 1 aromatic heterocycles. The van der Waals surface area contributed by atoms with E-state index in [2.05, 4.69) is 15.0 Å². The molecule has 0 spiro atoms. The van der Waals surface area contributed by atoms with Crippen LogP contribution >= 0.6 is 0 Å². The van der Waals surface area contributed by atoms with Gasteiger partial charge in [-0.25, -0.2) is 18.1 Å². The maximum absolute atomic E-state index is 11.9. The summed E-state index contributed by atoms with van der Waals surface area (Å²) in [7, 11) is -1.91. The zero-order chi connectivity index (χ0) is 13.2. The quantitative estimate of drug-likeness (QED) is 0.731. The second-order valence-corrected chi connectivity index (χ2v) is 6.22. The SMILES string of the molecule is CNS(=O)(=O)CCNc1nccn(C2CC2)c1=O. The molecule has 2 rings (SSSR count). The Morgan fingerprint density at radius 1 is 1.50 bits per heavy atom. The normalized spacial score (nSPS) is 15.6. The molecular weight excluding hydrogens is 256 g/mol. The van der Waals surface area contributed by atoms with Gasteiger partial charge in [0.05, 0.1) is 5.75 Å². The van der Waals surface area contributed by atoms with Gasteiger partial charge >= 0.3 is 0 Å². The molecule has 100 valence electrons. The molecule has 1 aromatic rings. The molecule has 1 saturated carbocycles. The topological polar surface area (TPSA) is 93.1 Å². The molecule has 1 heterocycles. The molecule has 0 bridgehead atoms. The number of rotatable bonds is 6. The number of nitrogens with zero attached hydrogens (tertiary/aromatic N) is 2. The van der Waals surface area contributed by atoms with E-state index in [1.807, 2.05) is 0 Å². The molecule has 0 aromatic carbocycles. The summed E-state index contributed by atoms with van der Waals surface area (Å²) in [6, 6.07) is 0.280. The van der Waals surface area contributed by atoms with Crippen LogP contribution in [0.3, 0.4) is 0 Å². The minimum absolute atomic E-state index is 0.0943. The van der Waals surface area contributed by atoms with Gasteiger partial charge in [0.25, 0.3) is 5.56 Å². The Morgan fingerprint density at radius 2 is 2.22 bits per heavy atom. The standard InChI is InChI=1S/C10H16N4O3S/c1-11-18(16,17)7-5-13-9-10(15)14(6-4-12-9)8-2-3-8/h4,6,8,11H,2-3,5,7H2,1H3,(H,12,13). The summed E-state index contributed by atoms with van der Waals surface area (Å²) in [5.74, 6) is 0.110. The first-order valence-electron chi connectivity index (χ1n) is 5.76. The van der Waals surface area contributed by atoms with Gasteiger partial charge in [-0.15, -0.1) is 0 Å². The Balaban J connectivity index is 2.02. The Morgan fingerprint density at radius 3 is 2.83 bits per heavy atom. The van der Waals surface area contributed by atoms with Gasteiger partial charge in [-0.3, -0.25) is 4.79 Å². The number of nitrogens with one attached hydrogen (secondary N) is 2. The number of anilines is 1. The van der Waals surface area contributed by atoms with Crippen LogP contribution in [0.5, 0.6) is 0 Å². The van der Waals surface area contributed by atoms with Crippen molar-refractivity contribution in [2.75, 3.05) is 24.7 Å². The van der Waals surface area contributed by atoms with Crippen molar-refractivity contribution in [3.05, 3.63) is 22.7 Å². The lowest BCUT2D eigenvalue weighted by Crippen LogP contribution is -2.29. The molecular formula is C10H16N4O3S. The largest absolute Gasteiger partial charge is 0.364 e. The molecule has 1 aliphatic rings. The van der Waals surface area contributed by atoms with Crippen LogP contribution in [-0.4, -0.2) is 37.3 Å². The van der Waals surface area contributed by atoms with Crippen molar-refractivity contribution < 1.29 is 8.42 Å². The van der Waals surface area contributed by atoms with Crippen LogP contribution in [-0.2, 0) is 10.0 Å². The lowest BCUT2D eigenvalue weighted by atomic mass is 10.5. The van der Waals surface area contributed by atoms with Gasteiger partial charge in [0, 0.05) is 25.0 Å². The Bertz CT molecular complexity index is 577. The van der Waals surface area contributed by atoms with E-state index in [1.165, 1.54) is 7.05 Å². The zero-order valence-electron chi connectivity index (χ0n) is 10.1. The highest BCUT2D eigenvalue weighted by molar-refractivity contribution is 7.89. The number of hydrogen-bond donors (Lipinski definition) is 2. The summed E-state index contributed by atoms with van der Waals surface area (Å²) in [6.45, 7) is 0.153. The predicted octanol–water partition coefficient (Wildman–Crippen LogP) is -0.461. The Kier molecular flexibility index (Phi) is 3.67. The van der Waals surface area contributed by atoms with E-state index in [4.69, 9.17) is 0 Å². The first kappa shape index (κ1) is 13.0. The van der Waals surface area contributed by atoms with Crippen molar-refractivity contribution in [2.45, 2.75) is 18.9 Å². The van der Waals surface area contributed by atoms with E-state index in [1.54, 1.807) is 17.0 Å². The molecule has 18 heavy (non-hydrogen) atoms. The molecule has 2 N–H and O–H groups in total. The van der Waals surface area contributed by atoms with Crippen LogP contribution in [0, 0.1) is 0 Å². The Hall–Kier alpha value is -1.41. The average Bonchev–Trinajstić information content (AvgIpc) is 3.15. The summed E-state index contributed by atoms with van der Waals surface area (Å²) in [5.41, 5.74) is -0.193. The average molecular weight is 272 g/mol. The van der Waals surface area contributed by atoms with Gasteiger partial charge in [0.15, 0.2) is 5.82 Å². The molecule has 0 amide bonds. The van der Waals surface area contributed by atoms with Crippen LogP contribution < -0.4 is 15.6 Å². The van der Waals surface area contributed by atoms with Crippen molar-refractivity contribution >= 4 is 15.8 Å². The highest BCUT2D eigenvalue weighted by Gasteiger charge is 2.25. The third-order valence-electron chi connectivity index (χ3n) is 2.78. The van der Waals surface area contributed by atoms with Crippen LogP contribution in [0.25, 0.3) is 0 Å². The van der Waals surface area contributed by atoms with Gasteiger partial charge in [-0.05, 0) is 19.9 Å². The predicted molar refractivity (Wildman–Crippen MR) is 68.1 cm³/mol. The highest BCUT2D eigenvalue weighted by atomic mass is 32.2. The minimum atomic E-state index is -3.27. The van der Waals surface area contributed by atoms with Gasteiger partial charge in [0.1, 0.15) is 0 Å². The molecule has 0 aliphatic heterocycles. The second kappa shape index (κ2) is 5.07. The summed E-state index contributed by atoms with van der Waals surface area (Å²) in [5, 5.41) is 2.76. The molecule has 0 unspecified atom stereocenters. The van der Waals surface area contributed by atoms with Crippen LogP contribution in [0.1, 0.15) is 18.9 Å². The molecule has 1 aliphatic carbocycles. The summed E-state index contributed by atoms with van der Waals surface area (Å²) in [4.78, 5) is 15.9. The second-order valence-electron chi connectivity index (χ2n) is 4.17. The van der Waals surface area contributed by atoms with E-state index < -0.39 is 10.0 Å². The summed E-state index contributed by atoms with van der Waals surface area (Å²) >= 11 is 0. The number of hydrogen-bond acceptors (Lipinski definition) is 5. The van der Waals surface area contributed by atoms with Crippen molar-refractivity contribution in [3.63, 3.8) is 0 Å².